The van der Waals surface area contributed by atoms with Gasteiger partial charge in [0.15, 0.2) is 5.13 Å². The first-order valence-corrected chi connectivity index (χ1v) is 10.3. The molecule has 2 heterocycles. The predicted octanol–water partition coefficient (Wildman–Crippen LogP) is 3.53. The fraction of sp³-hybridized carbons (Fsp3) is 0.421. The van der Waals surface area contributed by atoms with E-state index in [1.165, 1.54) is 11.3 Å². The summed E-state index contributed by atoms with van der Waals surface area (Å²) in [5, 5.41) is 7.11. The minimum atomic E-state index is -0.0660. The van der Waals surface area contributed by atoms with Gasteiger partial charge in [0.25, 0.3) is 0 Å². The number of amides is 2. The number of nitrogens with zero attached hydrogens (tertiary/aromatic N) is 2. The lowest BCUT2D eigenvalue weighted by atomic mass is 9.85. The van der Waals surface area contributed by atoms with Crippen LogP contribution in [-0.4, -0.2) is 34.8 Å². The third-order valence-corrected chi connectivity index (χ3v) is 6.22. The Morgan fingerprint density at radius 2 is 2.15 bits per heavy atom. The van der Waals surface area contributed by atoms with Crippen molar-refractivity contribution in [2.75, 3.05) is 23.7 Å². The molecule has 2 amide bonds. The molecule has 1 aromatic carbocycles. The maximum absolute atomic E-state index is 12.3. The summed E-state index contributed by atoms with van der Waals surface area (Å²) in [5.41, 5.74) is 1.74. The van der Waals surface area contributed by atoms with Crippen LogP contribution in [0.3, 0.4) is 0 Å². The fourth-order valence-electron chi connectivity index (χ4n) is 3.28. The zero-order valence-corrected chi connectivity index (χ0v) is 16.4. The van der Waals surface area contributed by atoms with E-state index in [1.807, 2.05) is 12.1 Å². The van der Waals surface area contributed by atoms with Gasteiger partial charge in [-0.15, -0.1) is 11.3 Å². The van der Waals surface area contributed by atoms with Crippen molar-refractivity contribution in [3.05, 3.63) is 39.9 Å². The number of benzene rings is 1. The lowest BCUT2D eigenvalue weighted by Gasteiger charge is -2.25. The first-order valence-electron chi connectivity index (χ1n) is 9.14. The minimum Gasteiger partial charge on any atom is -0.325 e. The van der Waals surface area contributed by atoms with Crippen molar-refractivity contribution in [1.82, 2.24) is 9.88 Å². The van der Waals surface area contributed by atoms with Gasteiger partial charge in [0.05, 0.1) is 12.2 Å². The average Bonchev–Trinajstić information content (AvgIpc) is 2.94. The van der Waals surface area contributed by atoms with Gasteiger partial charge in [-0.25, -0.2) is 4.98 Å². The number of nitrogens with one attached hydrogen (secondary N) is 2. The monoisotopic (exact) mass is 404 g/mol. The van der Waals surface area contributed by atoms with Crippen LogP contribution in [0.25, 0.3) is 0 Å². The molecule has 142 valence electrons. The Hall–Kier alpha value is -1.96. The number of anilines is 2. The van der Waals surface area contributed by atoms with E-state index in [0.29, 0.717) is 28.9 Å². The van der Waals surface area contributed by atoms with Gasteiger partial charge in [-0.05, 0) is 31.0 Å². The summed E-state index contributed by atoms with van der Waals surface area (Å²) in [6.07, 6.45) is 3.88. The van der Waals surface area contributed by atoms with Crippen LogP contribution in [0.2, 0.25) is 5.02 Å². The minimum absolute atomic E-state index is 0.0660. The molecule has 0 spiro atoms. The number of halogens is 1. The topological polar surface area (TPSA) is 74.3 Å². The second-order valence-corrected chi connectivity index (χ2v) is 8.55. The predicted molar refractivity (Wildman–Crippen MR) is 107 cm³/mol. The van der Waals surface area contributed by atoms with Gasteiger partial charge in [0.1, 0.15) is 0 Å². The molecule has 1 aliphatic heterocycles. The van der Waals surface area contributed by atoms with Crippen LogP contribution in [0.1, 0.15) is 29.8 Å². The Bertz CT molecular complexity index is 865. The number of rotatable bonds is 5. The number of thiazole rings is 1. The second kappa shape index (κ2) is 7.96. The molecule has 0 bridgehead atoms. The molecular weight excluding hydrogens is 384 g/mol. The smallest absolute Gasteiger partial charge is 0.238 e. The number of carbonyl (C=O) groups is 2. The Balaban J connectivity index is 1.32. The van der Waals surface area contributed by atoms with Gasteiger partial charge >= 0.3 is 0 Å². The first kappa shape index (κ1) is 18.4. The Morgan fingerprint density at radius 3 is 2.89 bits per heavy atom. The molecule has 0 atom stereocenters. The van der Waals surface area contributed by atoms with Crippen LogP contribution in [0.4, 0.5) is 10.8 Å². The van der Waals surface area contributed by atoms with Gasteiger partial charge in [-0.1, -0.05) is 24.1 Å². The summed E-state index contributed by atoms with van der Waals surface area (Å²) in [6.45, 7) is 1.76. The van der Waals surface area contributed by atoms with E-state index < -0.39 is 0 Å². The molecule has 2 N–H and O–H groups in total. The van der Waals surface area contributed by atoms with E-state index in [-0.39, 0.29) is 17.7 Å². The average molecular weight is 405 g/mol. The molecular formula is C19H21ClN4O2S. The van der Waals surface area contributed by atoms with Gasteiger partial charge in [-0.2, -0.15) is 0 Å². The largest absolute Gasteiger partial charge is 0.325 e. The van der Waals surface area contributed by atoms with E-state index in [1.54, 1.807) is 12.1 Å². The molecule has 1 aliphatic carbocycles. The van der Waals surface area contributed by atoms with Gasteiger partial charge in [0, 0.05) is 41.0 Å². The lowest BCUT2D eigenvalue weighted by molar-refractivity contribution is -0.122. The molecule has 2 aliphatic rings. The molecule has 1 saturated carbocycles. The van der Waals surface area contributed by atoms with E-state index in [4.69, 9.17) is 11.6 Å². The quantitative estimate of drug-likeness (QED) is 0.799. The Morgan fingerprint density at radius 1 is 1.30 bits per heavy atom. The highest BCUT2D eigenvalue weighted by Crippen LogP contribution is 2.31. The number of hydrogen-bond donors (Lipinski definition) is 2. The van der Waals surface area contributed by atoms with Crippen LogP contribution >= 0.6 is 22.9 Å². The van der Waals surface area contributed by atoms with Crippen molar-refractivity contribution in [2.45, 2.75) is 32.2 Å². The zero-order chi connectivity index (χ0) is 18.8. The van der Waals surface area contributed by atoms with Gasteiger partial charge in [0.2, 0.25) is 11.8 Å². The van der Waals surface area contributed by atoms with Crippen molar-refractivity contribution in [3.63, 3.8) is 0 Å². The van der Waals surface area contributed by atoms with Gasteiger partial charge < -0.3 is 10.6 Å². The normalized spacial score (nSPS) is 17.1. The molecule has 2 aromatic rings. The summed E-state index contributed by atoms with van der Waals surface area (Å²) in [6, 6.07) is 7.13. The molecule has 1 fully saturated rings. The third-order valence-electron chi connectivity index (χ3n) is 4.99. The summed E-state index contributed by atoms with van der Waals surface area (Å²) >= 11 is 7.47. The van der Waals surface area contributed by atoms with Crippen molar-refractivity contribution in [3.8, 4) is 0 Å². The molecule has 0 saturated heterocycles. The number of carbonyl (C=O) groups excluding carboxylic acids is 2. The molecule has 0 unspecified atom stereocenters. The zero-order valence-electron chi connectivity index (χ0n) is 14.8. The maximum Gasteiger partial charge on any atom is 0.238 e. The van der Waals surface area contributed by atoms with Crippen molar-refractivity contribution < 1.29 is 9.59 Å². The molecule has 1 aromatic heterocycles. The summed E-state index contributed by atoms with van der Waals surface area (Å²) in [5.74, 6) is 0.173. The van der Waals surface area contributed by atoms with Crippen LogP contribution < -0.4 is 10.6 Å². The molecule has 4 rings (SSSR count). The second-order valence-electron chi connectivity index (χ2n) is 7.03. The van der Waals surface area contributed by atoms with E-state index in [2.05, 4.69) is 20.5 Å². The molecule has 8 heteroatoms. The summed E-state index contributed by atoms with van der Waals surface area (Å²) in [7, 11) is 0. The summed E-state index contributed by atoms with van der Waals surface area (Å²) < 4.78 is 0. The molecule has 6 nitrogen and oxygen atoms in total. The van der Waals surface area contributed by atoms with Crippen molar-refractivity contribution >= 4 is 45.6 Å². The number of aromatic nitrogens is 1. The van der Waals surface area contributed by atoms with Crippen LogP contribution in [0.5, 0.6) is 0 Å². The standard InChI is InChI=1S/C19H21ClN4O2S/c20-13-5-2-6-14(9-13)21-17(25)11-24-8-7-15-16(10-24)27-19(22-15)23-18(26)12-3-1-4-12/h2,5-6,9,12H,1,3-4,7-8,10-11H2,(H,21,25)(H,22,23,26). The van der Waals surface area contributed by atoms with E-state index in [0.717, 1.165) is 42.8 Å². The van der Waals surface area contributed by atoms with Crippen molar-refractivity contribution in [1.29, 1.82) is 0 Å². The Labute approximate surface area is 166 Å². The lowest BCUT2D eigenvalue weighted by Crippen LogP contribution is -2.36. The van der Waals surface area contributed by atoms with Crippen LogP contribution in [0.15, 0.2) is 24.3 Å². The fourth-order valence-corrected chi connectivity index (χ4v) is 4.53. The summed E-state index contributed by atoms with van der Waals surface area (Å²) in [4.78, 5) is 32.2. The van der Waals surface area contributed by atoms with Crippen LogP contribution in [-0.2, 0) is 22.6 Å². The molecule has 0 radical (unpaired) electrons. The van der Waals surface area contributed by atoms with Crippen LogP contribution in [0, 0.1) is 5.92 Å². The van der Waals surface area contributed by atoms with Gasteiger partial charge in [-0.3, -0.25) is 14.5 Å². The SMILES string of the molecule is O=C(CN1CCc2nc(NC(=O)C3CCC3)sc2C1)Nc1cccc(Cl)c1. The highest BCUT2D eigenvalue weighted by molar-refractivity contribution is 7.15. The Kier molecular flexibility index (Phi) is 5.43. The highest BCUT2D eigenvalue weighted by Gasteiger charge is 2.27. The third kappa shape index (κ3) is 4.48. The van der Waals surface area contributed by atoms with Crippen molar-refractivity contribution in [2.24, 2.45) is 5.92 Å². The highest BCUT2D eigenvalue weighted by atomic mass is 35.5. The van der Waals surface area contributed by atoms with E-state index in [9.17, 15) is 9.59 Å². The molecule has 27 heavy (non-hydrogen) atoms. The first-order chi connectivity index (χ1) is 13.1. The number of hydrogen-bond acceptors (Lipinski definition) is 5. The van der Waals surface area contributed by atoms with E-state index >= 15 is 0 Å². The maximum atomic E-state index is 12.3. The number of fused-ring (bicyclic) bond motifs is 1.